The Morgan fingerprint density at radius 1 is 1.58 bits per heavy atom. The van der Waals surface area contributed by atoms with E-state index in [1.54, 1.807) is 22.1 Å². The van der Waals surface area contributed by atoms with E-state index in [1.165, 1.54) is 0 Å². The summed E-state index contributed by atoms with van der Waals surface area (Å²) < 4.78 is 1.77. The number of nitrogen functional groups attached to an aromatic ring is 1. The van der Waals surface area contributed by atoms with E-state index in [4.69, 9.17) is 5.73 Å². The highest BCUT2D eigenvalue weighted by Gasteiger charge is 1.97. The summed E-state index contributed by atoms with van der Waals surface area (Å²) in [5, 5.41) is 6.04. The summed E-state index contributed by atoms with van der Waals surface area (Å²) in [5.74, 6) is 0.547. The zero-order chi connectivity index (χ0) is 8.39. The van der Waals surface area contributed by atoms with Crippen LogP contribution in [0, 0.1) is 0 Å². The summed E-state index contributed by atoms with van der Waals surface area (Å²) in [5.41, 5.74) is 8.28. The second-order valence-electron chi connectivity index (χ2n) is 2.42. The van der Waals surface area contributed by atoms with Crippen LogP contribution >= 0.6 is 11.3 Å². The van der Waals surface area contributed by atoms with E-state index < -0.39 is 0 Å². The van der Waals surface area contributed by atoms with Crippen molar-refractivity contribution in [3.8, 4) is 0 Å². The summed E-state index contributed by atoms with van der Waals surface area (Å²) in [7, 11) is 0. The SMILES string of the molecule is Nc1ccn(Cc2cscn2)n1. The molecular weight excluding hydrogens is 172 g/mol. The number of hydrogen-bond donors (Lipinski definition) is 1. The summed E-state index contributed by atoms with van der Waals surface area (Å²) in [6, 6.07) is 1.77. The molecule has 2 aromatic rings. The molecule has 0 fully saturated rings. The van der Waals surface area contributed by atoms with E-state index in [9.17, 15) is 0 Å². The Balaban J connectivity index is 2.14. The third-order valence-electron chi connectivity index (χ3n) is 1.47. The first-order chi connectivity index (χ1) is 5.84. The standard InChI is InChI=1S/C7H8N4S/c8-7-1-2-11(10-7)3-6-4-12-5-9-6/h1-2,4-5H,3H2,(H2,8,10). The summed E-state index contributed by atoms with van der Waals surface area (Å²) in [6.07, 6.45) is 1.84. The Morgan fingerprint density at radius 2 is 2.50 bits per heavy atom. The zero-order valence-electron chi connectivity index (χ0n) is 6.34. The van der Waals surface area contributed by atoms with Crippen molar-refractivity contribution in [2.75, 3.05) is 5.73 Å². The molecule has 0 atom stereocenters. The number of rotatable bonds is 2. The fourth-order valence-electron chi connectivity index (χ4n) is 0.947. The van der Waals surface area contributed by atoms with E-state index >= 15 is 0 Å². The lowest BCUT2D eigenvalue weighted by Gasteiger charge is -1.95. The monoisotopic (exact) mass is 180 g/mol. The molecule has 2 aromatic heterocycles. The summed E-state index contributed by atoms with van der Waals surface area (Å²) in [4.78, 5) is 4.14. The van der Waals surface area contributed by atoms with Crippen LogP contribution in [-0.4, -0.2) is 14.8 Å². The second kappa shape index (κ2) is 2.94. The predicted octanol–water partition coefficient (Wildman–Crippen LogP) is 0.970. The van der Waals surface area contributed by atoms with E-state index in [2.05, 4.69) is 10.1 Å². The van der Waals surface area contributed by atoms with Gasteiger partial charge in [0.2, 0.25) is 0 Å². The van der Waals surface area contributed by atoms with Crippen molar-refractivity contribution in [1.82, 2.24) is 14.8 Å². The normalized spacial score (nSPS) is 10.3. The highest BCUT2D eigenvalue weighted by molar-refractivity contribution is 7.07. The van der Waals surface area contributed by atoms with Gasteiger partial charge in [-0.15, -0.1) is 11.3 Å². The first-order valence-corrected chi connectivity index (χ1v) is 4.45. The number of aromatic nitrogens is 3. The summed E-state index contributed by atoms with van der Waals surface area (Å²) in [6.45, 7) is 0.695. The number of thiazole rings is 1. The van der Waals surface area contributed by atoms with Crippen LogP contribution in [0.5, 0.6) is 0 Å². The van der Waals surface area contributed by atoms with Crippen LogP contribution in [0.25, 0.3) is 0 Å². The molecule has 12 heavy (non-hydrogen) atoms. The van der Waals surface area contributed by atoms with Gasteiger partial charge in [0.05, 0.1) is 17.7 Å². The number of nitrogens with two attached hydrogens (primary N) is 1. The van der Waals surface area contributed by atoms with Gasteiger partial charge < -0.3 is 5.73 Å². The number of anilines is 1. The molecule has 2 N–H and O–H groups in total. The fourth-order valence-corrected chi connectivity index (χ4v) is 1.50. The Kier molecular flexibility index (Phi) is 1.79. The molecule has 0 aliphatic heterocycles. The van der Waals surface area contributed by atoms with Crippen LogP contribution in [0.3, 0.4) is 0 Å². The molecular formula is C7H8N4S. The Bertz CT molecular complexity index is 351. The van der Waals surface area contributed by atoms with Gasteiger partial charge in [-0.05, 0) is 6.07 Å². The van der Waals surface area contributed by atoms with Gasteiger partial charge in [0.1, 0.15) is 5.82 Å². The molecule has 0 spiro atoms. The topological polar surface area (TPSA) is 56.7 Å². The maximum Gasteiger partial charge on any atom is 0.145 e. The van der Waals surface area contributed by atoms with E-state index in [1.807, 2.05) is 17.1 Å². The van der Waals surface area contributed by atoms with Gasteiger partial charge >= 0.3 is 0 Å². The molecule has 0 aliphatic carbocycles. The van der Waals surface area contributed by atoms with Crippen molar-refractivity contribution in [1.29, 1.82) is 0 Å². The molecule has 0 saturated heterocycles. The molecule has 0 radical (unpaired) electrons. The summed E-state index contributed by atoms with van der Waals surface area (Å²) >= 11 is 1.58. The maximum atomic E-state index is 5.46. The number of nitrogens with zero attached hydrogens (tertiary/aromatic N) is 3. The van der Waals surface area contributed by atoms with Crippen molar-refractivity contribution < 1.29 is 0 Å². The molecule has 62 valence electrons. The molecule has 0 amide bonds. The first-order valence-electron chi connectivity index (χ1n) is 3.50. The molecule has 0 aliphatic rings. The van der Waals surface area contributed by atoms with Crippen LogP contribution in [0.4, 0.5) is 5.82 Å². The van der Waals surface area contributed by atoms with Crippen LogP contribution in [0.15, 0.2) is 23.2 Å². The smallest absolute Gasteiger partial charge is 0.145 e. The molecule has 0 aromatic carbocycles. The minimum absolute atomic E-state index is 0.547. The minimum Gasteiger partial charge on any atom is -0.382 e. The van der Waals surface area contributed by atoms with E-state index in [-0.39, 0.29) is 0 Å². The van der Waals surface area contributed by atoms with Crippen LogP contribution < -0.4 is 5.73 Å². The third-order valence-corrected chi connectivity index (χ3v) is 2.10. The van der Waals surface area contributed by atoms with Gasteiger partial charge in [-0.1, -0.05) is 0 Å². The van der Waals surface area contributed by atoms with Crippen molar-refractivity contribution >= 4 is 17.2 Å². The highest BCUT2D eigenvalue weighted by atomic mass is 32.1. The lowest BCUT2D eigenvalue weighted by molar-refractivity contribution is 0.679. The largest absolute Gasteiger partial charge is 0.382 e. The maximum absolute atomic E-state index is 5.46. The van der Waals surface area contributed by atoms with E-state index in [0.29, 0.717) is 12.4 Å². The Morgan fingerprint density at radius 3 is 3.08 bits per heavy atom. The number of hydrogen-bond acceptors (Lipinski definition) is 4. The lowest BCUT2D eigenvalue weighted by Crippen LogP contribution is -2.00. The van der Waals surface area contributed by atoms with Gasteiger partial charge in [-0.25, -0.2) is 4.98 Å². The molecule has 4 nitrogen and oxygen atoms in total. The quantitative estimate of drug-likeness (QED) is 0.749. The van der Waals surface area contributed by atoms with Crippen molar-refractivity contribution in [3.05, 3.63) is 28.8 Å². The van der Waals surface area contributed by atoms with Crippen LogP contribution in [0.1, 0.15) is 5.69 Å². The second-order valence-corrected chi connectivity index (χ2v) is 3.14. The Labute approximate surface area is 73.7 Å². The third kappa shape index (κ3) is 1.45. The minimum atomic E-state index is 0.547. The molecule has 0 saturated carbocycles. The lowest BCUT2D eigenvalue weighted by atomic mass is 10.5. The highest BCUT2D eigenvalue weighted by Crippen LogP contribution is 2.04. The van der Waals surface area contributed by atoms with Crippen molar-refractivity contribution in [2.45, 2.75) is 6.54 Å². The fraction of sp³-hybridized carbons (Fsp3) is 0.143. The average Bonchev–Trinajstić information content (AvgIpc) is 2.63. The Hall–Kier alpha value is -1.36. The van der Waals surface area contributed by atoms with Crippen LogP contribution in [-0.2, 0) is 6.54 Å². The van der Waals surface area contributed by atoms with Gasteiger partial charge in [-0.2, -0.15) is 5.10 Å². The average molecular weight is 180 g/mol. The van der Waals surface area contributed by atoms with E-state index in [0.717, 1.165) is 5.69 Å². The zero-order valence-corrected chi connectivity index (χ0v) is 7.16. The molecule has 2 rings (SSSR count). The molecule has 5 heteroatoms. The first kappa shape index (κ1) is 7.30. The van der Waals surface area contributed by atoms with Gasteiger partial charge in [-0.3, -0.25) is 4.68 Å². The van der Waals surface area contributed by atoms with Crippen molar-refractivity contribution in [3.63, 3.8) is 0 Å². The van der Waals surface area contributed by atoms with Gasteiger partial charge in [0.15, 0.2) is 0 Å². The molecule has 0 bridgehead atoms. The van der Waals surface area contributed by atoms with Gasteiger partial charge in [0, 0.05) is 11.6 Å². The molecule has 2 heterocycles. The van der Waals surface area contributed by atoms with Crippen LogP contribution in [0.2, 0.25) is 0 Å². The predicted molar refractivity (Wildman–Crippen MR) is 47.9 cm³/mol. The molecule has 0 unspecified atom stereocenters. The van der Waals surface area contributed by atoms with Gasteiger partial charge in [0.25, 0.3) is 0 Å². The van der Waals surface area contributed by atoms with Crippen molar-refractivity contribution in [2.24, 2.45) is 0 Å².